The summed E-state index contributed by atoms with van der Waals surface area (Å²) in [4.78, 5) is 2.44. The topological polar surface area (TPSA) is 42.4 Å². The van der Waals surface area contributed by atoms with Crippen molar-refractivity contribution in [2.75, 3.05) is 13.1 Å². The van der Waals surface area contributed by atoms with E-state index in [4.69, 9.17) is 10.2 Å². The minimum atomic E-state index is 0.326. The molecular weight excluding hydrogens is 256 g/mol. The first-order valence-corrected chi connectivity index (χ1v) is 6.22. The lowest BCUT2D eigenvalue weighted by molar-refractivity contribution is 0.174. The second-order valence-corrected chi connectivity index (χ2v) is 4.87. The fourth-order valence-electron chi connectivity index (χ4n) is 2.34. The molecule has 1 aromatic heterocycles. The SMILES string of the molecule is CC(c1ccc(Br)o1)N1CCCC1CN. The molecule has 1 aliphatic rings. The molecule has 2 atom stereocenters. The van der Waals surface area contributed by atoms with Gasteiger partial charge >= 0.3 is 0 Å². The molecular formula is C11H17BrN2O. The minimum absolute atomic E-state index is 0.326. The van der Waals surface area contributed by atoms with Gasteiger partial charge in [0.15, 0.2) is 4.67 Å². The highest BCUT2D eigenvalue weighted by molar-refractivity contribution is 9.10. The molecule has 0 aliphatic carbocycles. The zero-order valence-electron chi connectivity index (χ0n) is 8.95. The summed E-state index contributed by atoms with van der Waals surface area (Å²) < 4.78 is 6.38. The first-order valence-electron chi connectivity index (χ1n) is 5.43. The van der Waals surface area contributed by atoms with Crippen LogP contribution in [0.3, 0.4) is 0 Å². The molecule has 1 aromatic rings. The fraction of sp³-hybridized carbons (Fsp3) is 0.636. The Morgan fingerprint density at radius 3 is 3.07 bits per heavy atom. The van der Waals surface area contributed by atoms with Gasteiger partial charge < -0.3 is 10.2 Å². The van der Waals surface area contributed by atoms with E-state index in [1.807, 2.05) is 12.1 Å². The second-order valence-electron chi connectivity index (χ2n) is 4.09. The van der Waals surface area contributed by atoms with Gasteiger partial charge in [-0.2, -0.15) is 0 Å². The van der Waals surface area contributed by atoms with Crippen LogP contribution in [-0.2, 0) is 0 Å². The number of hydrogen-bond acceptors (Lipinski definition) is 3. The average Bonchev–Trinajstić information content (AvgIpc) is 2.84. The summed E-state index contributed by atoms with van der Waals surface area (Å²) in [6.45, 7) is 4.05. The minimum Gasteiger partial charge on any atom is -0.453 e. The van der Waals surface area contributed by atoms with Crippen LogP contribution in [0.5, 0.6) is 0 Å². The first kappa shape index (κ1) is 11.2. The molecule has 0 saturated carbocycles. The van der Waals surface area contributed by atoms with E-state index in [0.717, 1.165) is 23.5 Å². The van der Waals surface area contributed by atoms with Crippen LogP contribution in [0.4, 0.5) is 0 Å². The largest absolute Gasteiger partial charge is 0.453 e. The van der Waals surface area contributed by atoms with Crippen molar-refractivity contribution in [1.82, 2.24) is 4.90 Å². The molecule has 1 aliphatic heterocycles. The fourth-order valence-corrected chi connectivity index (χ4v) is 2.66. The maximum atomic E-state index is 5.76. The van der Waals surface area contributed by atoms with E-state index in [9.17, 15) is 0 Å². The summed E-state index contributed by atoms with van der Waals surface area (Å²) in [6.07, 6.45) is 2.46. The van der Waals surface area contributed by atoms with Gasteiger partial charge in [0.05, 0.1) is 6.04 Å². The van der Waals surface area contributed by atoms with Crippen molar-refractivity contribution >= 4 is 15.9 Å². The Morgan fingerprint density at radius 1 is 1.67 bits per heavy atom. The highest BCUT2D eigenvalue weighted by Gasteiger charge is 2.29. The van der Waals surface area contributed by atoms with E-state index >= 15 is 0 Å². The molecule has 0 spiro atoms. The number of nitrogens with zero attached hydrogens (tertiary/aromatic N) is 1. The van der Waals surface area contributed by atoms with Crippen molar-refractivity contribution in [1.29, 1.82) is 0 Å². The van der Waals surface area contributed by atoms with Crippen LogP contribution < -0.4 is 5.73 Å². The third kappa shape index (κ3) is 2.27. The van der Waals surface area contributed by atoms with E-state index in [0.29, 0.717) is 12.1 Å². The van der Waals surface area contributed by atoms with Gasteiger partial charge in [-0.15, -0.1) is 0 Å². The standard InChI is InChI=1S/C11H17BrN2O/c1-8(10-4-5-11(12)15-10)14-6-2-3-9(14)7-13/h4-5,8-9H,2-3,6-7,13H2,1H3. The summed E-state index contributed by atoms with van der Waals surface area (Å²) in [5.41, 5.74) is 5.76. The van der Waals surface area contributed by atoms with Gasteiger partial charge in [0.25, 0.3) is 0 Å². The Morgan fingerprint density at radius 2 is 2.47 bits per heavy atom. The summed E-state index contributed by atoms with van der Waals surface area (Å²) >= 11 is 3.33. The maximum absolute atomic E-state index is 5.76. The normalized spacial score (nSPS) is 24.6. The first-order chi connectivity index (χ1) is 7.22. The Kier molecular flexibility index (Phi) is 3.49. The molecule has 4 heteroatoms. The number of halogens is 1. The number of furan rings is 1. The van der Waals surface area contributed by atoms with Crippen molar-refractivity contribution in [3.8, 4) is 0 Å². The molecule has 0 amide bonds. The zero-order chi connectivity index (χ0) is 10.8. The van der Waals surface area contributed by atoms with Gasteiger partial charge in [0.2, 0.25) is 0 Å². The number of likely N-dealkylation sites (tertiary alicyclic amines) is 1. The van der Waals surface area contributed by atoms with Crippen LogP contribution in [-0.4, -0.2) is 24.0 Å². The van der Waals surface area contributed by atoms with Crippen LogP contribution in [0.25, 0.3) is 0 Å². The molecule has 3 nitrogen and oxygen atoms in total. The van der Waals surface area contributed by atoms with E-state index in [-0.39, 0.29) is 0 Å². The molecule has 0 bridgehead atoms. The van der Waals surface area contributed by atoms with Gasteiger partial charge in [-0.1, -0.05) is 0 Å². The van der Waals surface area contributed by atoms with Crippen molar-refractivity contribution in [2.24, 2.45) is 5.73 Å². The molecule has 1 saturated heterocycles. The molecule has 2 rings (SSSR count). The van der Waals surface area contributed by atoms with Gasteiger partial charge in [-0.05, 0) is 54.4 Å². The van der Waals surface area contributed by atoms with E-state index in [1.165, 1.54) is 12.8 Å². The van der Waals surface area contributed by atoms with Crippen molar-refractivity contribution in [3.63, 3.8) is 0 Å². The molecule has 2 heterocycles. The lowest BCUT2D eigenvalue weighted by atomic mass is 10.1. The molecule has 2 N–H and O–H groups in total. The van der Waals surface area contributed by atoms with Crippen LogP contribution >= 0.6 is 15.9 Å². The predicted molar refractivity (Wildman–Crippen MR) is 63.6 cm³/mol. The second kappa shape index (κ2) is 4.68. The van der Waals surface area contributed by atoms with Gasteiger partial charge in [0, 0.05) is 12.6 Å². The summed E-state index contributed by atoms with van der Waals surface area (Å²) in [6, 6.07) is 4.82. The lowest BCUT2D eigenvalue weighted by Gasteiger charge is -2.28. The van der Waals surface area contributed by atoms with E-state index < -0.39 is 0 Å². The van der Waals surface area contributed by atoms with Crippen molar-refractivity contribution in [3.05, 3.63) is 22.6 Å². The van der Waals surface area contributed by atoms with Gasteiger partial charge in [-0.25, -0.2) is 0 Å². The molecule has 84 valence electrons. The highest BCUT2D eigenvalue weighted by Crippen LogP contribution is 2.30. The van der Waals surface area contributed by atoms with Gasteiger partial charge in [0.1, 0.15) is 5.76 Å². The lowest BCUT2D eigenvalue weighted by Crippen LogP contribution is -2.37. The molecule has 1 fully saturated rings. The molecule has 15 heavy (non-hydrogen) atoms. The monoisotopic (exact) mass is 272 g/mol. The smallest absolute Gasteiger partial charge is 0.169 e. The Labute approximate surface area is 98.7 Å². The van der Waals surface area contributed by atoms with Crippen molar-refractivity contribution < 1.29 is 4.42 Å². The summed E-state index contributed by atoms with van der Waals surface area (Å²) in [7, 11) is 0. The maximum Gasteiger partial charge on any atom is 0.169 e. The van der Waals surface area contributed by atoms with Crippen molar-refractivity contribution in [2.45, 2.75) is 31.8 Å². The van der Waals surface area contributed by atoms with Gasteiger partial charge in [-0.3, -0.25) is 4.90 Å². The van der Waals surface area contributed by atoms with E-state index in [2.05, 4.69) is 27.8 Å². The third-order valence-corrected chi connectivity index (χ3v) is 3.62. The number of hydrogen-bond donors (Lipinski definition) is 1. The van der Waals surface area contributed by atoms with Crippen LogP contribution in [0.1, 0.15) is 31.6 Å². The van der Waals surface area contributed by atoms with Crippen LogP contribution in [0.2, 0.25) is 0 Å². The zero-order valence-corrected chi connectivity index (χ0v) is 10.5. The Balaban J connectivity index is 2.10. The molecule has 0 radical (unpaired) electrons. The quantitative estimate of drug-likeness (QED) is 0.920. The van der Waals surface area contributed by atoms with Crippen LogP contribution in [0, 0.1) is 0 Å². The summed E-state index contributed by atoms with van der Waals surface area (Å²) in [5, 5.41) is 0. The third-order valence-electron chi connectivity index (χ3n) is 3.20. The highest BCUT2D eigenvalue weighted by atomic mass is 79.9. The molecule has 0 aromatic carbocycles. The predicted octanol–water partition coefficient (Wildman–Crippen LogP) is 2.53. The Hall–Kier alpha value is -0.320. The molecule has 2 unspecified atom stereocenters. The van der Waals surface area contributed by atoms with Crippen LogP contribution in [0.15, 0.2) is 21.2 Å². The number of nitrogens with two attached hydrogens (primary N) is 1. The summed E-state index contributed by atoms with van der Waals surface area (Å²) in [5.74, 6) is 1.02. The Bertz CT molecular complexity index is 326. The number of rotatable bonds is 3. The average molecular weight is 273 g/mol. The van der Waals surface area contributed by atoms with E-state index in [1.54, 1.807) is 0 Å².